The van der Waals surface area contributed by atoms with Gasteiger partial charge in [-0.3, -0.25) is 9.69 Å². The molecule has 0 unspecified atom stereocenters. The van der Waals surface area contributed by atoms with Gasteiger partial charge in [0.05, 0.1) is 13.2 Å². The van der Waals surface area contributed by atoms with E-state index in [0.29, 0.717) is 12.4 Å². The van der Waals surface area contributed by atoms with Crippen molar-refractivity contribution in [2.75, 3.05) is 31.1 Å². The van der Waals surface area contributed by atoms with Gasteiger partial charge < -0.3 is 14.7 Å². The molecule has 26 heavy (non-hydrogen) atoms. The van der Waals surface area contributed by atoms with Crippen LogP contribution in [0.25, 0.3) is 11.1 Å². The first-order valence-corrected chi connectivity index (χ1v) is 8.58. The summed E-state index contributed by atoms with van der Waals surface area (Å²) in [4.78, 5) is 31.3. The zero-order chi connectivity index (χ0) is 18.1. The third-order valence-corrected chi connectivity index (χ3v) is 4.79. The van der Waals surface area contributed by atoms with Crippen LogP contribution in [0.2, 0.25) is 0 Å². The van der Waals surface area contributed by atoms with Crippen molar-refractivity contribution in [1.82, 2.24) is 9.88 Å². The lowest BCUT2D eigenvalue weighted by atomic mass is 10.1. The third-order valence-electron chi connectivity index (χ3n) is 4.79. The topological polar surface area (TPSA) is 83.0 Å². The highest BCUT2D eigenvalue weighted by Gasteiger charge is 2.35. The summed E-state index contributed by atoms with van der Waals surface area (Å²) in [5, 5.41) is 9.13. The Hall–Kier alpha value is -2.93. The van der Waals surface area contributed by atoms with Gasteiger partial charge in [-0.2, -0.15) is 0 Å². The molecule has 7 heteroatoms. The van der Waals surface area contributed by atoms with Gasteiger partial charge in [0.15, 0.2) is 6.10 Å². The molecule has 1 aromatic carbocycles. The monoisotopic (exact) mass is 353 g/mol. The minimum absolute atomic E-state index is 0.0576. The molecule has 4 rings (SSSR count). The minimum atomic E-state index is -1.03. The van der Waals surface area contributed by atoms with Gasteiger partial charge in [-0.1, -0.05) is 30.3 Å². The quantitative estimate of drug-likeness (QED) is 0.893. The number of morpholine rings is 1. The number of anilines is 1. The summed E-state index contributed by atoms with van der Waals surface area (Å²) in [5.41, 5.74) is 3.12. The van der Waals surface area contributed by atoms with Gasteiger partial charge in [-0.15, -0.1) is 0 Å². The van der Waals surface area contributed by atoms with Crippen LogP contribution in [0.15, 0.2) is 42.6 Å². The average molecular weight is 353 g/mol. The van der Waals surface area contributed by atoms with E-state index in [1.165, 1.54) is 4.90 Å². The number of fused-ring (bicyclic) bond motifs is 1. The highest BCUT2D eigenvalue weighted by atomic mass is 16.5. The fraction of sp³-hybridized carbons (Fsp3) is 0.316. The van der Waals surface area contributed by atoms with E-state index in [-0.39, 0.29) is 25.6 Å². The van der Waals surface area contributed by atoms with Gasteiger partial charge in [-0.25, -0.2) is 9.78 Å². The highest BCUT2D eigenvalue weighted by molar-refractivity contribution is 5.98. The Morgan fingerprint density at radius 2 is 1.96 bits per heavy atom. The zero-order valence-electron chi connectivity index (χ0n) is 14.2. The molecule has 1 aromatic heterocycles. The fourth-order valence-electron chi connectivity index (χ4n) is 3.42. The highest BCUT2D eigenvalue weighted by Crippen LogP contribution is 2.30. The van der Waals surface area contributed by atoms with Crippen molar-refractivity contribution in [2.45, 2.75) is 12.5 Å². The summed E-state index contributed by atoms with van der Waals surface area (Å²) in [6.45, 7) is 1.10. The van der Waals surface area contributed by atoms with E-state index in [4.69, 9.17) is 9.84 Å². The molecule has 1 fully saturated rings. The third kappa shape index (κ3) is 3.01. The molecule has 1 atom stereocenters. The Balaban J connectivity index is 1.54. The van der Waals surface area contributed by atoms with Crippen molar-refractivity contribution < 1.29 is 19.4 Å². The summed E-state index contributed by atoms with van der Waals surface area (Å²) >= 11 is 0. The standard InChI is InChI=1S/C19H19N3O4/c23-18(16-12-21(19(24)25)8-9-26-16)22-7-6-14-10-15(11-20-17(14)22)13-4-2-1-3-5-13/h1-5,10-11,16H,6-9,12H2,(H,24,25)/t16-/m0/s1. The number of carbonyl (C=O) groups excluding carboxylic acids is 1. The van der Waals surface area contributed by atoms with Crippen molar-refractivity contribution >= 4 is 17.8 Å². The van der Waals surface area contributed by atoms with Crippen LogP contribution >= 0.6 is 0 Å². The van der Waals surface area contributed by atoms with Gasteiger partial charge in [0.2, 0.25) is 0 Å². The van der Waals surface area contributed by atoms with E-state index in [1.807, 2.05) is 30.3 Å². The van der Waals surface area contributed by atoms with Crippen LogP contribution in [-0.2, 0) is 16.0 Å². The van der Waals surface area contributed by atoms with Gasteiger partial charge in [0, 0.05) is 24.8 Å². The lowest BCUT2D eigenvalue weighted by Gasteiger charge is -2.32. The smallest absolute Gasteiger partial charge is 0.407 e. The van der Waals surface area contributed by atoms with E-state index < -0.39 is 12.2 Å². The van der Waals surface area contributed by atoms with Crippen LogP contribution in [-0.4, -0.2) is 59.3 Å². The molecule has 0 bridgehead atoms. The molecule has 2 aliphatic heterocycles. The van der Waals surface area contributed by atoms with E-state index in [0.717, 1.165) is 23.1 Å². The maximum Gasteiger partial charge on any atom is 0.407 e. The fourth-order valence-corrected chi connectivity index (χ4v) is 3.42. The number of hydrogen-bond acceptors (Lipinski definition) is 4. The number of carboxylic acid groups (broad SMARTS) is 1. The Bertz CT molecular complexity index is 840. The first-order chi connectivity index (χ1) is 12.6. The number of ether oxygens (including phenoxy) is 1. The number of nitrogens with zero attached hydrogens (tertiary/aromatic N) is 3. The Labute approximate surface area is 150 Å². The number of carbonyl (C=O) groups is 2. The lowest BCUT2D eigenvalue weighted by molar-refractivity contribution is -0.134. The summed E-state index contributed by atoms with van der Waals surface area (Å²) in [5.74, 6) is 0.417. The van der Waals surface area contributed by atoms with Crippen LogP contribution in [0, 0.1) is 0 Å². The molecule has 0 spiro atoms. The molecule has 0 aliphatic carbocycles. The molecule has 0 saturated carbocycles. The van der Waals surface area contributed by atoms with Gasteiger partial charge in [0.1, 0.15) is 5.82 Å². The Morgan fingerprint density at radius 3 is 2.73 bits per heavy atom. The molecule has 2 aromatic rings. The van der Waals surface area contributed by atoms with E-state index in [1.54, 1.807) is 11.1 Å². The molecule has 0 radical (unpaired) electrons. The first kappa shape index (κ1) is 16.5. The SMILES string of the molecule is O=C(O)N1CCO[C@H](C(=O)N2CCc3cc(-c4ccccc4)cnc32)C1. The molecule has 7 nitrogen and oxygen atoms in total. The van der Waals surface area contributed by atoms with Crippen molar-refractivity contribution in [3.63, 3.8) is 0 Å². The second-order valence-corrected chi connectivity index (χ2v) is 6.40. The summed E-state index contributed by atoms with van der Waals surface area (Å²) in [7, 11) is 0. The number of benzene rings is 1. The zero-order valence-corrected chi connectivity index (χ0v) is 14.2. The maximum atomic E-state index is 12.8. The van der Waals surface area contributed by atoms with Crippen LogP contribution in [0.5, 0.6) is 0 Å². The van der Waals surface area contributed by atoms with Crippen LogP contribution in [0.3, 0.4) is 0 Å². The van der Waals surface area contributed by atoms with Crippen molar-refractivity contribution in [1.29, 1.82) is 0 Å². The lowest BCUT2D eigenvalue weighted by Crippen LogP contribution is -2.52. The summed E-state index contributed by atoms with van der Waals surface area (Å²) in [6.07, 6.45) is 0.690. The normalized spacial score (nSPS) is 19.3. The maximum absolute atomic E-state index is 12.8. The summed E-state index contributed by atoms with van der Waals surface area (Å²) in [6, 6.07) is 12.0. The molecular weight excluding hydrogens is 334 g/mol. The van der Waals surface area contributed by atoms with Crippen LogP contribution < -0.4 is 4.90 Å². The molecule has 2 aliphatic rings. The second kappa shape index (κ2) is 6.76. The molecular formula is C19H19N3O4. The van der Waals surface area contributed by atoms with Crippen LogP contribution in [0.4, 0.5) is 10.6 Å². The average Bonchev–Trinajstić information content (AvgIpc) is 3.11. The Morgan fingerprint density at radius 1 is 1.15 bits per heavy atom. The van der Waals surface area contributed by atoms with Gasteiger partial charge in [0.25, 0.3) is 5.91 Å². The minimum Gasteiger partial charge on any atom is -0.465 e. The predicted molar refractivity (Wildman–Crippen MR) is 95.1 cm³/mol. The number of hydrogen-bond donors (Lipinski definition) is 1. The van der Waals surface area contributed by atoms with E-state index in [2.05, 4.69) is 11.1 Å². The number of rotatable bonds is 2. The van der Waals surface area contributed by atoms with Crippen molar-refractivity contribution in [2.24, 2.45) is 0 Å². The second-order valence-electron chi connectivity index (χ2n) is 6.40. The molecule has 1 saturated heterocycles. The number of aromatic nitrogens is 1. The molecule has 3 heterocycles. The first-order valence-electron chi connectivity index (χ1n) is 8.58. The van der Waals surface area contributed by atoms with E-state index in [9.17, 15) is 9.59 Å². The molecule has 1 N–H and O–H groups in total. The largest absolute Gasteiger partial charge is 0.465 e. The van der Waals surface area contributed by atoms with Crippen LogP contribution in [0.1, 0.15) is 5.56 Å². The van der Waals surface area contributed by atoms with Crippen molar-refractivity contribution in [3.8, 4) is 11.1 Å². The number of pyridine rings is 1. The molecule has 2 amide bonds. The Kier molecular flexibility index (Phi) is 4.30. The summed E-state index contributed by atoms with van der Waals surface area (Å²) < 4.78 is 5.52. The molecule has 134 valence electrons. The van der Waals surface area contributed by atoms with Gasteiger partial charge >= 0.3 is 6.09 Å². The van der Waals surface area contributed by atoms with E-state index >= 15 is 0 Å². The van der Waals surface area contributed by atoms with Crippen molar-refractivity contribution in [3.05, 3.63) is 48.2 Å². The number of amides is 2. The van der Waals surface area contributed by atoms with Gasteiger partial charge in [-0.05, 0) is 23.6 Å². The predicted octanol–water partition coefficient (Wildman–Crippen LogP) is 2.02.